The molecule has 2 aliphatic heterocycles. The average molecular weight is 478 g/mol. The van der Waals surface area contributed by atoms with Crippen LogP contribution in [0.15, 0.2) is 47.4 Å². The molecular weight excluding hydrogens is 450 g/mol. The van der Waals surface area contributed by atoms with E-state index < -0.39 is 31.9 Å². The number of rotatable bonds is 4. The van der Waals surface area contributed by atoms with Gasteiger partial charge in [0.2, 0.25) is 26.0 Å². The quantitative estimate of drug-likeness (QED) is 0.670. The van der Waals surface area contributed by atoms with Crippen LogP contribution in [-0.2, 0) is 24.8 Å². The van der Waals surface area contributed by atoms with Gasteiger partial charge in [-0.05, 0) is 55.3 Å². The van der Waals surface area contributed by atoms with Crippen molar-refractivity contribution in [1.29, 1.82) is 0 Å². The summed E-state index contributed by atoms with van der Waals surface area (Å²) < 4.78 is 53.1. The van der Waals surface area contributed by atoms with Gasteiger partial charge in [-0.25, -0.2) is 21.1 Å². The van der Waals surface area contributed by atoms with Gasteiger partial charge >= 0.3 is 0 Å². The molecule has 2 heterocycles. The topological polar surface area (TPSA) is 95.1 Å². The van der Waals surface area contributed by atoms with Crippen LogP contribution in [0, 0.1) is 19.8 Å². The van der Waals surface area contributed by atoms with E-state index in [1.54, 1.807) is 6.92 Å². The zero-order chi connectivity index (χ0) is 23.3. The predicted octanol–water partition coefficient (Wildman–Crippen LogP) is 2.13. The minimum atomic E-state index is -3.73. The number of carbonyl (C=O) groups is 1. The largest absolute Gasteiger partial charge is 0.369 e. The lowest BCUT2D eigenvalue weighted by molar-refractivity contribution is -0.119. The van der Waals surface area contributed by atoms with Gasteiger partial charge in [0.15, 0.2) is 0 Å². The van der Waals surface area contributed by atoms with Crippen molar-refractivity contribution in [2.24, 2.45) is 5.92 Å². The van der Waals surface area contributed by atoms with Gasteiger partial charge in [0.25, 0.3) is 0 Å². The first-order chi connectivity index (χ1) is 15.0. The van der Waals surface area contributed by atoms with Crippen molar-refractivity contribution in [3.63, 3.8) is 0 Å². The Bertz CT molecular complexity index is 1250. The molecule has 0 N–H and O–H groups in total. The van der Waals surface area contributed by atoms with E-state index in [0.29, 0.717) is 26.2 Å². The van der Waals surface area contributed by atoms with Gasteiger partial charge in [-0.1, -0.05) is 19.1 Å². The predicted molar refractivity (Wildman–Crippen MR) is 124 cm³/mol. The van der Waals surface area contributed by atoms with Crippen molar-refractivity contribution in [1.82, 2.24) is 4.31 Å². The lowest BCUT2D eigenvalue weighted by atomic mass is 10.1. The molecule has 10 heteroatoms. The minimum Gasteiger partial charge on any atom is -0.369 e. The van der Waals surface area contributed by atoms with Crippen LogP contribution in [0.4, 0.5) is 11.4 Å². The number of hydrogen-bond donors (Lipinski definition) is 0. The fraction of sp³-hybridized carbons (Fsp3) is 0.409. The zero-order valence-corrected chi connectivity index (χ0v) is 20.0. The normalized spacial score (nSPS) is 21.8. The van der Waals surface area contributed by atoms with Crippen molar-refractivity contribution < 1.29 is 21.6 Å². The molecular formula is C22H27N3O5S2. The highest BCUT2D eigenvalue weighted by Crippen LogP contribution is 2.30. The molecule has 0 aromatic heterocycles. The maximum atomic E-state index is 13.1. The molecule has 2 aromatic carbocycles. The van der Waals surface area contributed by atoms with Crippen molar-refractivity contribution in [2.45, 2.75) is 25.7 Å². The Hall–Kier alpha value is -2.43. The molecule has 0 bridgehead atoms. The summed E-state index contributed by atoms with van der Waals surface area (Å²) >= 11 is 0. The van der Waals surface area contributed by atoms with Crippen LogP contribution in [0.25, 0.3) is 0 Å². The Morgan fingerprint density at radius 1 is 0.938 bits per heavy atom. The van der Waals surface area contributed by atoms with Gasteiger partial charge in [-0.15, -0.1) is 0 Å². The van der Waals surface area contributed by atoms with Crippen molar-refractivity contribution in [3.05, 3.63) is 53.6 Å². The third-order valence-electron chi connectivity index (χ3n) is 6.22. The summed E-state index contributed by atoms with van der Waals surface area (Å²) in [7, 11) is -7.45. The fourth-order valence-electron chi connectivity index (χ4n) is 4.24. The van der Waals surface area contributed by atoms with Crippen molar-refractivity contribution >= 4 is 37.3 Å². The second kappa shape index (κ2) is 8.17. The van der Waals surface area contributed by atoms with Crippen molar-refractivity contribution in [3.8, 4) is 0 Å². The van der Waals surface area contributed by atoms with Crippen LogP contribution >= 0.6 is 0 Å². The summed E-state index contributed by atoms with van der Waals surface area (Å²) in [5.41, 5.74) is 3.68. The first-order valence-electron chi connectivity index (χ1n) is 10.5. The van der Waals surface area contributed by atoms with E-state index in [1.807, 2.05) is 6.07 Å². The molecule has 1 atom stereocenters. The number of aryl methyl sites for hydroxylation is 1. The number of sulfonamides is 2. The SMILES string of the molecule is Cc1cccc(N2CCN(S(=O)(=O)c3ccc(N4C(=O)[C@@H](C)CS4(=O)=O)cc3)CC2)c1C. The van der Waals surface area contributed by atoms with Gasteiger partial charge < -0.3 is 4.90 Å². The summed E-state index contributed by atoms with van der Waals surface area (Å²) in [6.45, 7) is 7.57. The number of benzene rings is 2. The molecule has 2 fully saturated rings. The number of nitrogens with zero attached hydrogens (tertiary/aromatic N) is 3. The number of amides is 1. The number of carbonyl (C=O) groups excluding carboxylic acids is 1. The molecule has 172 valence electrons. The minimum absolute atomic E-state index is 0.0820. The summed E-state index contributed by atoms with van der Waals surface area (Å²) in [6, 6.07) is 11.6. The third-order valence-corrected chi connectivity index (χ3v) is 10.0. The summed E-state index contributed by atoms with van der Waals surface area (Å²) in [4.78, 5) is 14.5. The van der Waals surface area contributed by atoms with Crippen LogP contribution in [0.3, 0.4) is 0 Å². The number of hydrogen-bond acceptors (Lipinski definition) is 6. The second-order valence-corrected chi connectivity index (χ2v) is 12.2. The Balaban J connectivity index is 1.50. The monoisotopic (exact) mass is 477 g/mol. The molecule has 0 unspecified atom stereocenters. The smallest absolute Gasteiger partial charge is 0.244 e. The average Bonchev–Trinajstić information content (AvgIpc) is 2.96. The molecule has 2 aliphatic rings. The summed E-state index contributed by atoms with van der Waals surface area (Å²) in [5, 5.41) is 0. The Kier molecular flexibility index (Phi) is 5.81. The van der Waals surface area contributed by atoms with Gasteiger partial charge in [-0.3, -0.25) is 4.79 Å². The van der Waals surface area contributed by atoms with E-state index in [9.17, 15) is 21.6 Å². The van der Waals surface area contributed by atoms with Crippen LogP contribution in [-0.4, -0.2) is 59.0 Å². The zero-order valence-electron chi connectivity index (χ0n) is 18.4. The fourth-order valence-corrected chi connectivity index (χ4v) is 7.48. The van der Waals surface area contributed by atoms with Crippen LogP contribution < -0.4 is 9.21 Å². The summed E-state index contributed by atoms with van der Waals surface area (Å²) in [5.74, 6) is -1.35. The molecule has 8 nitrogen and oxygen atoms in total. The Labute approximate surface area is 189 Å². The first kappa shape index (κ1) is 22.8. The van der Waals surface area contributed by atoms with E-state index in [4.69, 9.17) is 0 Å². The van der Waals surface area contributed by atoms with Crippen LogP contribution in [0.2, 0.25) is 0 Å². The highest BCUT2D eigenvalue weighted by Gasteiger charge is 2.42. The molecule has 0 spiro atoms. The van der Waals surface area contributed by atoms with Gasteiger partial charge in [0.05, 0.1) is 22.3 Å². The molecule has 2 saturated heterocycles. The van der Waals surface area contributed by atoms with E-state index in [1.165, 1.54) is 39.7 Å². The lowest BCUT2D eigenvalue weighted by Crippen LogP contribution is -2.48. The lowest BCUT2D eigenvalue weighted by Gasteiger charge is -2.36. The molecule has 0 saturated carbocycles. The van der Waals surface area contributed by atoms with Crippen molar-refractivity contribution in [2.75, 3.05) is 41.1 Å². The summed E-state index contributed by atoms with van der Waals surface area (Å²) in [6.07, 6.45) is 0. The second-order valence-electron chi connectivity index (χ2n) is 8.39. The maximum Gasteiger partial charge on any atom is 0.244 e. The molecule has 4 rings (SSSR count). The third kappa shape index (κ3) is 3.91. The first-order valence-corrected chi connectivity index (χ1v) is 13.6. The van der Waals surface area contributed by atoms with E-state index in [0.717, 1.165) is 9.99 Å². The standard InChI is InChI=1S/C22H27N3O5S2/c1-16-5-4-6-21(18(16)3)23-11-13-24(14-12-23)32(29,30)20-9-7-19(8-10-20)25-22(26)17(2)15-31(25,27)28/h4-10,17H,11-15H2,1-3H3/t17-/m0/s1. The number of piperazine rings is 1. The molecule has 1 amide bonds. The van der Waals surface area contributed by atoms with Gasteiger partial charge in [-0.2, -0.15) is 4.31 Å². The van der Waals surface area contributed by atoms with Crippen LogP contribution in [0.5, 0.6) is 0 Å². The highest BCUT2D eigenvalue weighted by atomic mass is 32.2. The maximum absolute atomic E-state index is 13.1. The van der Waals surface area contributed by atoms with E-state index in [-0.39, 0.29) is 16.3 Å². The van der Waals surface area contributed by atoms with Crippen LogP contribution in [0.1, 0.15) is 18.1 Å². The Morgan fingerprint density at radius 2 is 1.56 bits per heavy atom. The molecule has 32 heavy (non-hydrogen) atoms. The molecule has 2 aromatic rings. The van der Waals surface area contributed by atoms with E-state index in [2.05, 4.69) is 30.9 Å². The van der Waals surface area contributed by atoms with Gasteiger partial charge in [0.1, 0.15) is 0 Å². The Morgan fingerprint density at radius 3 is 2.12 bits per heavy atom. The molecule has 0 aliphatic carbocycles. The highest BCUT2D eigenvalue weighted by molar-refractivity contribution is 7.94. The van der Waals surface area contributed by atoms with E-state index >= 15 is 0 Å². The molecule has 0 radical (unpaired) electrons. The van der Waals surface area contributed by atoms with Gasteiger partial charge in [0, 0.05) is 31.9 Å². The number of anilines is 2.